The molecule has 2 aromatic rings. The minimum Gasteiger partial charge on any atom is -0.484 e. The molecule has 2 amide bonds. The van der Waals surface area contributed by atoms with E-state index in [2.05, 4.69) is 0 Å². The summed E-state index contributed by atoms with van der Waals surface area (Å²) in [5.74, 6) is -0.634. The second-order valence-corrected chi connectivity index (χ2v) is 10.8. The van der Waals surface area contributed by atoms with Crippen molar-refractivity contribution in [2.45, 2.75) is 43.0 Å². The number of para-hydroxylation sites is 1. The van der Waals surface area contributed by atoms with Crippen LogP contribution in [0, 0.1) is 0 Å². The molecule has 2 aliphatic rings. The number of cyclic esters (lactones) is 1. The highest BCUT2D eigenvalue weighted by molar-refractivity contribution is 7.90. The maximum Gasteiger partial charge on any atom is 0.422 e. The Morgan fingerprint density at radius 1 is 1.14 bits per heavy atom. The molecular formula is C24H25F3N2O6S. The average molecular weight is 527 g/mol. The Bertz CT molecular complexity index is 1260. The van der Waals surface area contributed by atoms with Gasteiger partial charge in [-0.05, 0) is 31.0 Å². The molecule has 0 saturated carbocycles. The van der Waals surface area contributed by atoms with Crippen LogP contribution < -0.4 is 9.64 Å². The van der Waals surface area contributed by atoms with Crippen LogP contribution in [0.3, 0.4) is 0 Å². The van der Waals surface area contributed by atoms with Crippen LogP contribution in [0.5, 0.6) is 5.75 Å². The van der Waals surface area contributed by atoms with Gasteiger partial charge in [0.25, 0.3) is 0 Å². The molecule has 0 bridgehead atoms. The summed E-state index contributed by atoms with van der Waals surface area (Å²) in [6.07, 6.45) is -3.38. The number of anilines is 1. The maximum absolute atomic E-state index is 13.0. The monoisotopic (exact) mass is 526 g/mol. The molecular weight excluding hydrogens is 501 g/mol. The van der Waals surface area contributed by atoms with Crippen LogP contribution in [0.15, 0.2) is 47.4 Å². The van der Waals surface area contributed by atoms with Crippen molar-refractivity contribution in [1.82, 2.24) is 4.90 Å². The summed E-state index contributed by atoms with van der Waals surface area (Å²) in [4.78, 5) is 28.4. The Balaban J connectivity index is 1.44. The summed E-state index contributed by atoms with van der Waals surface area (Å²) in [5.41, 5.74) is 1.85. The molecule has 0 N–H and O–H groups in total. The number of fused-ring (bicyclic) bond motifs is 1. The number of sulfone groups is 1. The predicted molar refractivity (Wildman–Crippen MR) is 124 cm³/mol. The fraction of sp³-hybridized carbons (Fsp3) is 0.417. The molecule has 2 aromatic carbocycles. The maximum atomic E-state index is 13.0. The number of likely N-dealkylation sites (tertiary alicyclic amines) is 1. The van der Waals surface area contributed by atoms with Crippen LogP contribution in [0.25, 0.3) is 0 Å². The van der Waals surface area contributed by atoms with Gasteiger partial charge in [-0.2, -0.15) is 13.2 Å². The largest absolute Gasteiger partial charge is 0.484 e. The van der Waals surface area contributed by atoms with Gasteiger partial charge in [0.15, 0.2) is 16.4 Å². The number of ether oxygens (including phenoxy) is 2. The third-order valence-corrected chi connectivity index (χ3v) is 7.29. The lowest BCUT2D eigenvalue weighted by molar-refractivity contribution is -0.153. The number of rotatable bonds is 6. The first-order valence-corrected chi connectivity index (χ1v) is 13.2. The highest BCUT2D eigenvalue weighted by atomic mass is 32.2. The Labute approximate surface area is 206 Å². The lowest BCUT2D eigenvalue weighted by Gasteiger charge is -2.40. The number of alkyl halides is 3. The standard InChI is InChI=1S/C24H25F3N2O6S/c1-36(32,33)19-7-6-16(21(13-19)35-15-24(25,26)27)12-22(30)28-10-8-18(9-11-28)29-20-5-3-2-4-17(20)14-34-23(29)31/h2-7,13,18H,8-12,14-15H2,1H3. The van der Waals surface area contributed by atoms with E-state index in [0.717, 1.165) is 23.6 Å². The zero-order valence-corrected chi connectivity index (χ0v) is 20.3. The molecule has 0 aromatic heterocycles. The molecule has 8 nitrogen and oxygen atoms in total. The van der Waals surface area contributed by atoms with Crippen molar-refractivity contribution in [2.24, 2.45) is 0 Å². The van der Waals surface area contributed by atoms with Crippen LogP contribution in [0.2, 0.25) is 0 Å². The average Bonchev–Trinajstić information content (AvgIpc) is 2.82. The molecule has 0 aliphatic carbocycles. The van der Waals surface area contributed by atoms with Gasteiger partial charge < -0.3 is 14.4 Å². The Hall–Kier alpha value is -3.28. The molecule has 2 aliphatic heterocycles. The van der Waals surface area contributed by atoms with Crippen LogP contribution in [0.4, 0.5) is 23.7 Å². The van der Waals surface area contributed by atoms with E-state index in [1.165, 1.54) is 12.1 Å². The molecule has 0 unspecified atom stereocenters. The van der Waals surface area contributed by atoms with Crippen molar-refractivity contribution in [3.05, 3.63) is 53.6 Å². The van der Waals surface area contributed by atoms with Crippen LogP contribution in [0.1, 0.15) is 24.0 Å². The third-order valence-electron chi connectivity index (χ3n) is 6.18. The van der Waals surface area contributed by atoms with E-state index in [1.54, 1.807) is 9.80 Å². The Morgan fingerprint density at radius 3 is 2.50 bits per heavy atom. The smallest absolute Gasteiger partial charge is 0.422 e. The second-order valence-electron chi connectivity index (χ2n) is 8.79. The Morgan fingerprint density at radius 2 is 1.83 bits per heavy atom. The van der Waals surface area contributed by atoms with Gasteiger partial charge in [-0.15, -0.1) is 0 Å². The normalized spacial score (nSPS) is 16.9. The molecule has 0 spiro atoms. The van der Waals surface area contributed by atoms with Crippen LogP contribution in [-0.2, 0) is 32.4 Å². The molecule has 2 heterocycles. The fourth-order valence-electron chi connectivity index (χ4n) is 4.37. The van der Waals surface area contributed by atoms with E-state index in [4.69, 9.17) is 9.47 Å². The van der Waals surface area contributed by atoms with Crippen molar-refractivity contribution in [3.63, 3.8) is 0 Å². The third kappa shape index (κ3) is 5.92. The first-order valence-electron chi connectivity index (χ1n) is 11.3. The number of halogens is 3. The van der Waals surface area contributed by atoms with Gasteiger partial charge in [0.2, 0.25) is 5.91 Å². The number of hydrogen-bond acceptors (Lipinski definition) is 6. The number of benzene rings is 2. The number of carbonyl (C=O) groups excluding carboxylic acids is 2. The van der Waals surface area contributed by atoms with E-state index >= 15 is 0 Å². The van der Waals surface area contributed by atoms with Gasteiger partial charge in [-0.25, -0.2) is 13.2 Å². The summed E-state index contributed by atoms with van der Waals surface area (Å²) in [7, 11) is -3.69. The van der Waals surface area contributed by atoms with Crippen molar-refractivity contribution in [2.75, 3.05) is 30.9 Å². The molecule has 0 atom stereocenters. The zero-order chi connectivity index (χ0) is 26.1. The molecule has 194 valence electrons. The summed E-state index contributed by atoms with van der Waals surface area (Å²) in [6.45, 7) is -0.717. The minimum atomic E-state index is -4.63. The van der Waals surface area contributed by atoms with E-state index in [1.807, 2.05) is 24.3 Å². The quantitative estimate of drug-likeness (QED) is 0.570. The number of piperidine rings is 1. The first kappa shape index (κ1) is 25.8. The number of nitrogens with zero attached hydrogens (tertiary/aromatic N) is 2. The SMILES string of the molecule is CS(=O)(=O)c1ccc(CC(=O)N2CCC(N3C(=O)OCc4ccccc43)CC2)c(OCC(F)(F)F)c1. The number of amides is 2. The number of carbonyl (C=O) groups is 2. The van der Waals surface area contributed by atoms with Gasteiger partial charge in [0.1, 0.15) is 12.4 Å². The topological polar surface area (TPSA) is 93.2 Å². The van der Waals surface area contributed by atoms with Crippen molar-refractivity contribution in [1.29, 1.82) is 0 Å². The summed E-state index contributed by atoms with van der Waals surface area (Å²) >= 11 is 0. The lowest BCUT2D eigenvalue weighted by atomic mass is 10.00. The Kier molecular flexibility index (Phi) is 7.17. The van der Waals surface area contributed by atoms with E-state index in [-0.39, 0.29) is 41.2 Å². The van der Waals surface area contributed by atoms with Crippen molar-refractivity contribution < 1.29 is 40.7 Å². The van der Waals surface area contributed by atoms with Crippen molar-refractivity contribution >= 4 is 27.5 Å². The summed E-state index contributed by atoms with van der Waals surface area (Å²) < 4.78 is 72.0. The predicted octanol–water partition coefficient (Wildman–Crippen LogP) is 3.72. The minimum absolute atomic E-state index is 0.160. The van der Waals surface area contributed by atoms with Gasteiger partial charge in [-0.3, -0.25) is 9.69 Å². The van der Waals surface area contributed by atoms with Crippen molar-refractivity contribution in [3.8, 4) is 5.75 Å². The van der Waals surface area contributed by atoms with Gasteiger partial charge in [-0.1, -0.05) is 24.3 Å². The fourth-order valence-corrected chi connectivity index (χ4v) is 5.01. The lowest BCUT2D eigenvalue weighted by Crippen LogP contribution is -2.50. The molecule has 1 fully saturated rings. The zero-order valence-electron chi connectivity index (χ0n) is 19.5. The second kappa shape index (κ2) is 10.00. The van der Waals surface area contributed by atoms with E-state index < -0.39 is 28.7 Å². The van der Waals surface area contributed by atoms with Gasteiger partial charge in [0, 0.05) is 36.5 Å². The van der Waals surface area contributed by atoms with E-state index in [0.29, 0.717) is 25.9 Å². The van der Waals surface area contributed by atoms with Crippen LogP contribution in [-0.4, -0.2) is 63.5 Å². The van der Waals surface area contributed by atoms with Gasteiger partial charge in [0.05, 0.1) is 17.0 Å². The van der Waals surface area contributed by atoms with Gasteiger partial charge >= 0.3 is 12.3 Å². The molecule has 4 rings (SSSR count). The molecule has 12 heteroatoms. The first-order chi connectivity index (χ1) is 16.9. The summed E-state index contributed by atoms with van der Waals surface area (Å²) in [6, 6.07) is 10.8. The highest BCUT2D eigenvalue weighted by Crippen LogP contribution is 2.32. The molecule has 1 saturated heterocycles. The van der Waals surface area contributed by atoms with Crippen LogP contribution >= 0.6 is 0 Å². The molecule has 0 radical (unpaired) electrons. The molecule has 36 heavy (non-hydrogen) atoms. The summed E-state index contributed by atoms with van der Waals surface area (Å²) in [5, 5.41) is 0. The highest BCUT2D eigenvalue weighted by Gasteiger charge is 2.35. The number of hydrogen-bond donors (Lipinski definition) is 0. The van der Waals surface area contributed by atoms with E-state index in [9.17, 15) is 31.2 Å².